The smallest absolute Gasteiger partial charge is 0.324 e. The maximum atomic E-state index is 12.8. The SMILES string of the molecule is CCN(CC)S(=O)(=O)c1cccc(NC(=O)Cn2cc(C(F)(F)F)ccc2=O)c1. The van der Waals surface area contributed by atoms with E-state index >= 15 is 0 Å². The maximum absolute atomic E-state index is 12.8. The van der Waals surface area contributed by atoms with E-state index in [0.29, 0.717) is 16.8 Å². The van der Waals surface area contributed by atoms with Gasteiger partial charge in [-0.2, -0.15) is 17.5 Å². The van der Waals surface area contributed by atoms with Crippen molar-refractivity contribution in [2.24, 2.45) is 0 Å². The van der Waals surface area contributed by atoms with Crippen molar-refractivity contribution >= 4 is 21.6 Å². The van der Waals surface area contributed by atoms with E-state index < -0.39 is 39.8 Å². The Balaban J connectivity index is 2.22. The van der Waals surface area contributed by atoms with Gasteiger partial charge in [0.2, 0.25) is 15.9 Å². The molecule has 0 radical (unpaired) electrons. The molecule has 29 heavy (non-hydrogen) atoms. The molecule has 1 N–H and O–H groups in total. The number of anilines is 1. The van der Waals surface area contributed by atoms with Gasteiger partial charge in [-0.25, -0.2) is 8.42 Å². The predicted octanol–water partition coefficient (Wildman–Crippen LogP) is 2.54. The van der Waals surface area contributed by atoms with Gasteiger partial charge >= 0.3 is 6.18 Å². The van der Waals surface area contributed by atoms with E-state index in [1.165, 1.54) is 28.6 Å². The van der Waals surface area contributed by atoms with Crippen molar-refractivity contribution in [2.45, 2.75) is 31.5 Å². The summed E-state index contributed by atoms with van der Waals surface area (Å²) in [5, 5.41) is 2.40. The fraction of sp³-hybridized carbons (Fsp3) is 0.333. The van der Waals surface area contributed by atoms with E-state index in [-0.39, 0.29) is 23.7 Å². The van der Waals surface area contributed by atoms with Crippen molar-refractivity contribution in [1.82, 2.24) is 8.87 Å². The lowest BCUT2D eigenvalue weighted by molar-refractivity contribution is -0.138. The fourth-order valence-electron chi connectivity index (χ4n) is 2.62. The van der Waals surface area contributed by atoms with Gasteiger partial charge in [-0.3, -0.25) is 9.59 Å². The number of rotatable bonds is 7. The lowest BCUT2D eigenvalue weighted by Crippen LogP contribution is -2.30. The van der Waals surface area contributed by atoms with Crippen molar-refractivity contribution in [1.29, 1.82) is 0 Å². The normalized spacial score (nSPS) is 12.2. The first-order valence-corrected chi connectivity index (χ1v) is 10.1. The summed E-state index contributed by atoms with van der Waals surface area (Å²) in [5.41, 5.74) is -1.69. The van der Waals surface area contributed by atoms with Gasteiger partial charge in [-0.05, 0) is 24.3 Å². The number of carbonyl (C=O) groups excluding carboxylic acids is 1. The molecular weight excluding hydrogens is 411 g/mol. The minimum Gasteiger partial charge on any atom is -0.324 e. The Labute approximate surface area is 165 Å². The summed E-state index contributed by atoms with van der Waals surface area (Å²) < 4.78 is 65.4. The number of nitrogens with zero attached hydrogens (tertiary/aromatic N) is 2. The third-order valence-electron chi connectivity index (χ3n) is 4.09. The molecule has 0 saturated heterocycles. The molecule has 1 aromatic heterocycles. The molecule has 2 aromatic rings. The lowest BCUT2D eigenvalue weighted by atomic mass is 10.2. The fourth-order valence-corrected chi connectivity index (χ4v) is 4.13. The van der Waals surface area contributed by atoms with Crippen LogP contribution in [-0.4, -0.2) is 36.3 Å². The number of halogens is 3. The van der Waals surface area contributed by atoms with Crippen LogP contribution in [0.5, 0.6) is 0 Å². The molecule has 11 heteroatoms. The first kappa shape index (κ1) is 22.6. The number of alkyl halides is 3. The van der Waals surface area contributed by atoms with Crippen LogP contribution in [0.4, 0.5) is 18.9 Å². The van der Waals surface area contributed by atoms with Crippen molar-refractivity contribution in [2.75, 3.05) is 18.4 Å². The van der Waals surface area contributed by atoms with E-state index in [1.54, 1.807) is 13.8 Å². The van der Waals surface area contributed by atoms with Crippen LogP contribution in [0.15, 0.2) is 52.3 Å². The topological polar surface area (TPSA) is 88.5 Å². The number of hydrogen-bond donors (Lipinski definition) is 1. The molecule has 0 aliphatic rings. The van der Waals surface area contributed by atoms with E-state index in [0.717, 1.165) is 6.07 Å². The van der Waals surface area contributed by atoms with Gasteiger partial charge in [0, 0.05) is 31.0 Å². The van der Waals surface area contributed by atoms with Crippen molar-refractivity contribution in [3.05, 3.63) is 58.5 Å². The van der Waals surface area contributed by atoms with Gasteiger partial charge in [0.05, 0.1) is 10.5 Å². The molecule has 0 spiro atoms. The van der Waals surface area contributed by atoms with Crippen molar-refractivity contribution in [3.8, 4) is 0 Å². The molecule has 0 unspecified atom stereocenters. The molecule has 0 saturated carbocycles. The number of amides is 1. The molecule has 1 amide bonds. The second kappa shape index (κ2) is 8.78. The molecule has 7 nitrogen and oxygen atoms in total. The van der Waals surface area contributed by atoms with Gasteiger partial charge in [-0.1, -0.05) is 19.9 Å². The summed E-state index contributed by atoms with van der Waals surface area (Å²) in [6.07, 6.45) is -4.10. The molecule has 1 heterocycles. The van der Waals surface area contributed by atoms with Gasteiger partial charge in [0.15, 0.2) is 0 Å². The van der Waals surface area contributed by atoms with Crippen LogP contribution in [-0.2, 0) is 27.5 Å². The van der Waals surface area contributed by atoms with E-state index in [9.17, 15) is 31.2 Å². The van der Waals surface area contributed by atoms with Crippen LogP contribution in [0.25, 0.3) is 0 Å². The molecule has 0 atom stereocenters. The minimum absolute atomic E-state index is 0.0322. The van der Waals surface area contributed by atoms with E-state index in [4.69, 9.17) is 0 Å². The first-order chi connectivity index (χ1) is 13.5. The van der Waals surface area contributed by atoms with Crippen LogP contribution in [0.3, 0.4) is 0 Å². The third kappa shape index (κ3) is 5.45. The largest absolute Gasteiger partial charge is 0.417 e. The van der Waals surface area contributed by atoms with Crippen LogP contribution in [0.2, 0.25) is 0 Å². The molecule has 158 valence electrons. The van der Waals surface area contributed by atoms with Gasteiger partial charge in [0.25, 0.3) is 5.56 Å². The zero-order valence-corrected chi connectivity index (χ0v) is 16.5. The Morgan fingerprint density at radius 3 is 2.38 bits per heavy atom. The lowest BCUT2D eigenvalue weighted by Gasteiger charge is -2.19. The van der Waals surface area contributed by atoms with Crippen LogP contribution >= 0.6 is 0 Å². The molecule has 0 aliphatic heterocycles. The Bertz CT molecular complexity index is 1040. The third-order valence-corrected chi connectivity index (χ3v) is 6.13. The number of aromatic nitrogens is 1. The summed E-state index contributed by atoms with van der Waals surface area (Å²) >= 11 is 0. The molecule has 0 aliphatic carbocycles. The van der Waals surface area contributed by atoms with Gasteiger partial charge in [-0.15, -0.1) is 0 Å². The van der Waals surface area contributed by atoms with Gasteiger partial charge in [0.1, 0.15) is 6.54 Å². The Morgan fingerprint density at radius 2 is 1.79 bits per heavy atom. The van der Waals surface area contributed by atoms with Crippen LogP contribution in [0, 0.1) is 0 Å². The maximum Gasteiger partial charge on any atom is 0.417 e. The Morgan fingerprint density at radius 1 is 1.14 bits per heavy atom. The van der Waals surface area contributed by atoms with E-state index in [1.807, 2.05) is 0 Å². The second-order valence-corrected chi connectivity index (χ2v) is 7.98. The monoisotopic (exact) mass is 431 g/mol. The number of carbonyl (C=O) groups is 1. The Kier molecular flexibility index (Phi) is 6.85. The number of nitrogens with one attached hydrogen (secondary N) is 1. The molecule has 0 bridgehead atoms. The zero-order valence-electron chi connectivity index (χ0n) is 15.7. The van der Waals surface area contributed by atoms with Crippen molar-refractivity contribution < 1.29 is 26.4 Å². The minimum atomic E-state index is -4.65. The Hall–Kier alpha value is -2.66. The second-order valence-electron chi connectivity index (χ2n) is 6.05. The van der Waals surface area contributed by atoms with E-state index in [2.05, 4.69) is 5.32 Å². The van der Waals surface area contributed by atoms with Gasteiger partial charge < -0.3 is 9.88 Å². The molecule has 0 fully saturated rings. The first-order valence-electron chi connectivity index (χ1n) is 8.66. The standard InChI is InChI=1S/C18H20F3N3O4S/c1-3-24(4-2)29(27,28)15-7-5-6-14(10-15)22-16(25)12-23-11-13(18(19,20)21)8-9-17(23)26/h5-11H,3-4,12H2,1-2H3,(H,22,25). The number of pyridine rings is 1. The molecule has 1 aromatic carbocycles. The summed E-state index contributed by atoms with van der Waals surface area (Å²) in [7, 11) is -3.75. The number of benzene rings is 1. The number of hydrogen-bond acceptors (Lipinski definition) is 4. The highest BCUT2D eigenvalue weighted by atomic mass is 32.2. The summed E-state index contributed by atoms with van der Waals surface area (Å²) in [6.45, 7) is 3.27. The van der Waals surface area contributed by atoms with Crippen molar-refractivity contribution in [3.63, 3.8) is 0 Å². The average molecular weight is 431 g/mol. The summed E-state index contributed by atoms with van der Waals surface area (Å²) in [5.74, 6) is -0.774. The predicted molar refractivity (Wildman–Crippen MR) is 101 cm³/mol. The average Bonchev–Trinajstić information content (AvgIpc) is 2.63. The zero-order chi connectivity index (χ0) is 21.8. The number of sulfonamides is 1. The summed E-state index contributed by atoms with van der Waals surface area (Å²) in [6, 6.07) is 6.86. The highest BCUT2D eigenvalue weighted by molar-refractivity contribution is 7.89. The van der Waals surface area contributed by atoms with Crippen LogP contribution < -0.4 is 10.9 Å². The molecule has 2 rings (SSSR count). The quantitative estimate of drug-likeness (QED) is 0.730. The summed E-state index contributed by atoms with van der Waals surface area (Å²) in [4.78, 5) is 23.9. The highest BCUT2D eigenvalue weighted by Crippen LogP contribution is 2.28. The van der Waals surface area contributed by atoms with Crippen LogP contribution in [0.1, 0.15) is 19.4 Å². The highest BCUT2D eigenvalue weighted by Gasteiger charge is 2.31. The molecular formula is C18H20F3N3O4S.